The Hall–Kier alpha value is -3.00. The molecule has 7 nitrogen and oxygen atoms in total. The molecule has 1 aliphatic carbocycles. The van der Waals surface area contributed by atoms with Gasteiger partial charge in [-0.15, -0.1) is 0 Å². The first-order valence-corrected chi connectivity index (χ1v) is 11.3. The van der Waals surface area contributed by atoms with Crippen molar-refractivity contribution in [3.63, 3.8) is 0 Å². The van der Waals surface area contributed by atoms with Gasteiger partial charge in [-0.25, -0.2) is 9.18 Å². The van der Waals surface area contributed by atoms with Crippen molar-refractivity contribution in [1.82, 2.24) is 20.1 Å². The summed E-state index contributed by atoms with van der Waals surface area (Å²) in [4.78, 5) is 34.0. The summed E-state index contributed by atoms with van der Waals surface area (Å²) in [5.74, 6) is 0.0565. The highest BCUT2D eigenvalue weighted by molar-refractivity contribution is 5.89. The number of carbonyl (C=O) groups is 2. The van der Waals surface area contributed by atoms with Crippen molar-refractivity contribution in [3.8, 4) is 0 Å². The Labute approximate surface area is 188 Å². The van der Waals surface area contributed by atoms with E-state index in [4.69, 9.17) is 0 Å². The number of nitrogens with zero attached hydrogens (tertiary/aromatic N) is 3. The monoisotopic (exact) mass is 439 g/mol. The number of urea groups is 1. The number of amides is 3. The fourth-order valence-electron chi connectivity index (χ4n) is 4.68. The maximum absolute atomic E-state index is 13.2. The number of piperazine rings is 1. The SMILES string of the molecule is O=C(NCc1ccccn1)C(C1CCCC1)N1CCN(C(=O)Nc2ccc(F)cc2)CC1. The standard InChI is InChI=1S/C24H30FN5O2/c25-19-8-10-20(11-9-19)28-24(32)30-15-13-29(14-16-30)22(18-5-1-2-6-18)23(31)27-17-21-7-3-4-12-26-21/h3-4,7-12,18,22H,1-2,5-6,13-17H2,(H,27,31)(H,28,32). The molecule has 0 spiro atoms. The van der Waals surface area contributed by atoms with Gasteiger partial charge >= 0.3 is 6.03 Å². The highest BCUT2D eigenvalue weighted by atomic mass is 19.1. The number of rotatable bonds is 6. The molecule has 2 aromatic rings. The van der Waals surface area contributed by atoms with Crippen LogP contribution in [0.5, 0.6) is 0 Å². The lowest BCUT2D eigenvalue weighted by Gasteiger charge is -2.40. The summed E-state index contributed by atoms with van der Waals surface area (Å²) in [6.45, 7) is 2.81. The van der Waals surface area contributed by atoms with Crippen LogP contribution in [0.2, 0.25) is 0 Å². The molecule has 8 heteroatoms. The van der Waals surface area contributed by atoms with E-state index in [2.05, 4.69) is 20.5 Å². The predicted octanol–water partition coefficient (Wildman–Crippen LogP) is 3.25. The minimum Gasteiger partial charge on any atom is -0.349 e. The van der Waals surface area contributed by atoms with Gasteiger partial charge in [0.2, 0.25) is 5.91 Å². The molecule has 1 saturated heterocycles. The molecular formula is C24H30FN5O2. The van der Waals surface area contributed by atoms with E-state index in [1.54, 1.807) is 23.2 Å². The summed E-state index contributed by atoms with van der Waals surface area (Å²) in [5, 5.41) is 5.89. The molecule has 1 unspecified atom stereocenters. The van der Waals surface area contributed by atoms with Gasteiger partial charge in [0.1, 0.15) is 5.82 Å². The van der Waals surface area contributed by atoms with Gasteiger partial charge in [0.15, 0.2) is 0 Å². The Balaban J connectivity index is 1.34. The smallest absolute Gasteiger partial charge is 0.321 e. The molecule has 2 heterocycles. The zero-order valence-electron chi connectivity index (χ0n) is 18.2. The number of aromatic nitrogens is 1. The first-order valence-electron chi connectivity index (χ1n) is 11.3. The third-order valence-corrected chi connectivity index (χ3v) is 6.38. The summed E-state index contributed by atoms with van der Waals surface area (Å²) >= 11 is 0. The van der Waals surface area contributed by atoms with E-state index in [1.165, 1.54) is 12.1 Å². The molecule has 2 aliphatic rings. The van der Waals surface area contributed by atoms with Crippen molar-refractivity contribution < 1.29 is 14.0 Å². The molecule has 2 fully saturated rings. The van der Waals surface area contributed by atoms with E-state index < -0.39 is 0 Å². The van der Waals surface area contributed by atoms with Crippen LogP contribution in [0.3, 0.4) is 0 Å². The molecule has 3 amide bonds. The zero-order valence-corrected chi connectivity index (χ0v) is 18.2. The first-order chi connectivity index (χ1) is 15.6. The third-order valence-electron chi connectivity index (χ3n) is 6.38. The number of hydrogen-bond acceptors (Lipinski definition) is 4. The van der Waals surface area contributed by atoms with Crippen LogP contribution >= 0.6 is 0 Å². The average molecular weight is 440 g/mol. The minimum absolute atomic E-state index is 0.0479. The summed E-state index contributed by atoms with van der Waals surface area (Å²) in [6, 6.07) is 11.0. The molecule has 1 aliphatic heterocycles. The molecule has 2 N–H and O–H groups in total. The number of hydrogen-bond donors (Lipinski definition) is 2. The quantitative estimate of drug-likeness (QED) is 0.724. The molecule has 32 heavy (non-hydrogen) atoms. The number of benzene rings is 1. The van der Waals surface area contributed by atoms with Gasteiger partial charge in [-0.1, -0.05) is 18.9 Å². The van der Waals surface area contributed by atoms with E-state index in [0.717, 1.165) is 31.4 Å². The summed E-state index contributed by atoms with van der Waals surface area (Å²) < 4.78 is 13.1. The lowest BCUT2D eigenvalue weighted by molar-refractivity contribution is -0.129. The molecule has 4 rings (SSSR count). The molecule has 1 saturated carbocycles. The maximum atomic E-state index is 13.2. The number of carbonyl (C=O) groups excluding carboxylic acids is 2. The van der Waals surface area contributed by atoms with Crippen molar-refractivity contribution in [2.24, 2.45) is 5.92 Å². The Morgan fingerprint density at radius 1 is 1.03 bits per heavy atom. The predicted molar refractivity (Wildman–Crippen MR) is 120 cm³/mol. The number of anilines is 1. The Morgan fingerprint density at radius 3 is 2.41 bits per heavy atom. The lowest BCUT2D eigenvalue weighted by atomic mass is 9.95. The van der Waals surface area contributed by atoms with E-state index in [0.29, 0.717) is 44.3 Å². The van der Waals surface area contributed by atoms with Crippen LogP contribution in [0, 0.1) is 11.7 Å². The van der Waals surface area contributed by atoms with Crippen molar-refractivity contribution >= 4 is 17.6 Å². The fraction of sp³-hybridized carbons (Fsp3) is 0.458. The van der Waals surface area contributed by atoms with Gasteiger partial charge in [-0.05, 0) is 55.2 Å². The first kappa shape index (κ1) is 22.2. The number of pyridine rings is 1. The molecule has 0 bridgehead atoms. The van der Waals surface area contributed by atoms with Crippen LogP contribution in [0.15, 0.2) is 48.7 Å². The van der Waals surface area contributed by atoms with E-state index in [1.807, 2.05) is 18.2 Å². The highest BCUT2D eigenvalue weighted by Gasteiger charge is 2.37. The topological polar surface area (TPSA) is 77.6 Å². The number of nitrogens with one attached hydrogen (secondary N) is 2. The second-order valence-corrected chi connectivity index (χ2v) is 8.49. The maximum Gasteiger partial charge on any atom is 0.321 e. The van der Waals surface area contributed by atoms with E-state index in [9.17, 15) is 14.0 Å². The van der Waals surface area contributed by atoms with Gasteiger partial charge in [0.25, 0.3) is 0 Å². The van der Waals surface area contributed by atoms with E-state index in [-0.39, 0.29) is 23.8 Å². The van der Waals surface area contributed by atoms with Gasteiger partial charge < -0.3 is 15.5 Å². The van der Waals surface area contributed by atoms with Crippen molar-refractivity contribution in [1.29, 1.82) is 0 Å². The van der Waals surface area contributed by atoms with Gasteiger partial charge in [0.05, 0.1) is 18.3 Å². The molecule has 0 radical (unpaired) electrons. The molecule has 1 aromatic heterocycles. The Kier molecular flexibility index (Phi) is 7.32. The summed E-state index contributed by atoms with van der Waals surface area (Å²) in [7, 11) is 0. The molecule has 170 valence electrons. The van der Waals surface area contributed by atoms with Crippen LogP contribution in [0.4, 0.5) is 14.9 Å². The largest absolute Gasteiger partial charge is 0.349 e. The van der Waals surface area contributed by atoms with Crippen LogP contribution in [-0.4, -0.2) is 58.9 Å². The van der Waals surface area contributed by atoms with Crippen LogP contribution < -0.4 is 10.6 Å². The minimum atomic E-state index is -0.337. The van der Waals surface area contributed by atoms with Gasteiger partial charge in [-0.2, -0.15) is 0 Å². The van der Waals surface area contributed by atoms with E-state index >= 15 is 0 Å². The van der Waals surface area contributed by atoms with Crippen molar-refractivity contribution in [3.05, 3.63) is 60.2 Å². The zero-order chi connectivity index (χ0) is 22.3. The summed E-state index contributed by atoms with van der Waals surface area (Å²) in [5.41, 5.74) is 1.41. The van der Waals surface area contributed by atoms with Gasteiger partial charge in [-0.3, -0.25) is 14.7 Å². The highest BCUT2D eigenvalue weighted by Crippen LogP contribution is 2.31. The molecule has 1 aromatic carbocycles. The van der Waals surface area contributed by atoms with Crippen molar-refractivity contribution in [2.75, 3.05) is 31.5 Å². The van der Waals surface area contributed by atoms with Gasteiger partial charge in [0, 0.05) is 38.1 Å². The second-order valence-electron chi connectivity index (χ2n) is 8.49. The van der Waals surface area contributed by atoms with Crippen molar-refractivity contribution in [2.45, 2.75) is 38.3 Å². The fourth-order valence-corrected chi connectivity index (χ4v) is 4.68. The average Bonchev–Trinajstić information content (AvgIpc) is 3.35. The van der Waals surface area contributed by atoms with Crippen LogP contribution in [0.25, 0.3) is 0 Å². The lowest BCUT2D eigenvalue weighted by Crippen LogP contribution is -2.58. The van der Waals surface area contributed by atoms with Crippen LogP contribution in [-0.2, 0) is 11.3 Å². The molecular weight excluding hydrogens is 409 g/mol. The normalized spacial score (nSPS) is 18.3. The number of halogens is 1. The Morgan fingerprint density at radius 2 is 1.75 bits per heavy atom. The summed E-state index contributed by atoms with van der Waals surface area (Å²) in [6.07, 6.45) is 6.18. The molecule has 1 atom stereocenters. The van der Waals surface area contributed by atoms with Crippen LogP contribution in [0.1, 0.15) is 31.4 Å². The Bertz CT molecular complexity index is 894. The third kappa shape index (κ3) is 5.62. The second kappa shape index (κ2) is 10.5.